The first kappa shape index (κ1) is 20.8. The van der Waals surface area contributed by atoms with E-state index in [1.807, 2.05) is 0 Å². The maximum Gasteiger partial charge on any atom is 0.335 e. The first-order valence-corrected chi connectivity index (χ1v) is 8.50. The van der Waals surface area contributed by atoms with Gasteiger partial charge in [0.05, 0.1) is 35.5 Å². The smallest absolute Gasteiger partial charge is 0.335 e. The summed E-state index contributed by atoms with van der Waals surface area (Å²) in [6.07, 6.45) is 0. The molecule has 142 valence electrons. The lowest BCUT2D eigenvalue weighted by molar-refractivity contribution is 0.0696. The predicted molar refractivity (Wildman–Crippen MR) is 107 cm³/mol. The van der Waals surface area contributed by atoms with Crippen LogP contribution in [0.5, 0.6) is 11.5 Å². The molecule has 0 aromatic heterocycles. The molecule has 2 aromatic rings. The van der Waals surface area contributed by atoms with E-state index < -0.39 is 11.9 Å². The van der Waals surface area contributed by atoms with Crippen LogP contribution in [-0.4, -0.2) is 36.3 Å². The number of thiocarbonyl (C=S) groups is 1. The van der Waals surface area contributed by atoms with Gasteiger partial charge in [-0.1, -0.05) is 23.2 Å². The van der Waals surface area contributed by atoms with Crippen molar-refractivity contribution in [2.24, 2.45) is 0 Å². The molecule has 1 amide bonds. The number of methoxy groups -OCH3 is 2. The molecule has 0 saturated heterocycles. The fourth-order valence-corrected chi connectivity index (χ4v) is 3.00. The van der Waals surface area contributed by atoms with E-state index in [2.05, 4.69) is 10.6 Å². The van der Waals surface area contributed by atoms with E-state index in [0.29, 0.717) is 5.75 Å². The van der Waals surface area contributed by atoms with Gasteiger partial charge in [-0.25, -0.2) is 4.79 Å². The number of carbonyl (C=O) groups is 2. The topological polar surface area (TPSA) is 96.9 Å². The highest BCUT2D eigenvalue weighted by molar-refractivity contribution is 7.80. The number of amides is 1. The molecule has 0 heterocycles. The quantitative estimate of drug-likeness (QED) is 0.622. The average Bonchev–Trinajstić information content (AvgIpc) is 2.61. The molecule has 0 spiro atoms. The normalized spacial score (nSPS) is 10.1. The van der Waals surface area contributed by atoms with Crippen molar-refractivity contribution >= 4 is 58.1 Å². The molecule has 0 aliphatic heterocycles. The van der Waals surface area contributed by atoms with E-state index in [0.717, 1.165) is 0 Å². The monoisotopic (exact) mass is 428 g/mol. The van der Waals surface area contributed by atoms with Crippen molar-refractivity contribution in [3.8, 4) is 11.5 Å². The number of carboxylic acid groups (broad SMARTS) is 1. The van der Waals surface area contributed by atoms with E-state index in [-0.39, 0.29) is 37.7 Å². The van der Waals surface area contributed by atoms with Crippen molar-refractivity contribution in [3.05, 3.63) is 51.5 Å². The third-order valence-electron chi connectivity index (χ3n) is 3.39. The van der Waals surface area contributed by atoms with Gasteiger partial charge >= 0.3 is 5.97 Å². The molecular weight excluding hydrogens is 415 g/mol. The molecule has 10 heteroatoms. The van der Waals surface area contributed by atoms with Crippen molar-refractivity contribution < 1.29 is 24.2 Å². The molecule has 0 fully saturated rings. The highest BCUT2D eigenvalue weighted by atomic mass is 35.5. The van der Waals surface area contributed by atoms with Crippen molar-refractivity contribution in [1.82, 2.24) is 5.32 Å². The van der Waals surface area contributed by atoms with Gasteiger partial charge in [-0.2, -0.15) is 0 Å². The van der Waals surface area contributed by atoms with Crippen molar-refractivity contribution in [1.29, 1.82) is 0 Å². The van der Waals surface area contributed by atoms with E-state index in [4.69, 9.17) is 50.0 Å². The minimum Gasteiger partial charge on any atom is -0.495 e. The molecule has 0 atom stereocenters. The van der Waals surface area contributed by atoms with Gasteiger partial charge in [0.15, 0.2) is 10.9 Å². The zero-order valence-corrected chi connectivity index (χ0v) is 16.5. The third kappa shape index (κ3) is 5.00. The summed E-state index contributed by atoms with van der Waals surface area (Å²) in [5.41, 5.74) is 0.482. The second-order valence-corrected chi connectivity index (χ2v) is 6.32. The molecule has 0 aliphatic rings. The number of nitrogens with one attached hydrogen (secondary N) is 2. The number of anilines is 1. The molecule has 0 unspecified atom stereocenters. The van der Waals surface area contributed by atoms with Gasteiger partial charge < -0.3 is 19.9 Å². The summed E-state index contributed by atoms with van der Waals surface area (Å²) >= 11 is 17.1. The molecule has 0 radical (unpaired) electrons. The van der Waals surface area contributed by atoms with Crippen LogP contribution in [0.15, 0.2) is 30.3 Å². The molecule has 0 bridgehead atoms. The molecule has 0 aliphatic carbocycles. The molecular formula is C17H14Cl2N2O5S. The Bertz CT molecular complexity index is 897. The van der Waals surface area contributed by atoms with Crippen LogP contribution in [0.2, 0.25) is 10.0 Å². The Labute approximate surface area is 170 Å². The molecule has 2 aromatic carbocycles. The fraction of sp³-hybridized carbons (Fsp3) is 0.118. The number of rotatable bonds is 5. The van der Waals surface area contributed by atoms with Crippen molar-refractivity contribution in [2.45, 2.75) is 0 Å². The van der Waals surface area contributed by atoms with Crippen LogP contribution < -0.4 is 20.1 Å². The Kier molecular flexibility index (Phi) is 6.84. The number of ether oxygens (including phenoxy) is 2. The highest BCUT2D eigenvalue weighted by Crippen LogP contribution is 2.33. The van der Waals surface area contributed by atoms with Crippen LogP contribution in [0, 0.1) is 0 Å². The number of carboxylic acids is 1. The van der Waals surface area contributed by atoms with E-state index in [9.17, 15) is 9.59 Å². The van der Waals surface area contributed by atoms with Crippen molar-refractivity contribution in [3.63, 3.8) is 0 Å². The van der Waals surface area contributed by atoms with Gasteiger partial charge in [0, 0.05) is 5.56 Å². The maximum atomic E-state index is 12.4. The second kappa shape index (κ2) is 8.90. The minimum absolute atomic E-state index is 0.0288. The van der Waals surface area contributed by atoms with Crippen LogP contribution in [0.1, 0.15) is 20.7 Å². The number of hydrogen-bond acceptors (Lipinski definition) is 5. The number of benzene rings is 2. The Morgan fingerprint density at radius 1 is 1.04 bits per heavy atom. The Hall–Kier alpha value is -2.55. The van der Waals surface area contributed by atoms with Gasteiger partial charge in [0.1, 0.15) is 5.75 Å². The van der Waals surface area contributed by atoms with E-state index >= 15 is 0 Å². The summed E-state index contributed by atoms with van der Waals surface area (Å²) in [6.45, 7) is 0. The average molecular weight is 429 g/mol. The first-order chi connectivity index (χ1) is 12.8. The standard InChI is InChI=1S/C17H14Cl2N2O5S/c1-25-13-4-3-8(16(23)24)7-12(13)20-17(27)21-15(22)9-5-10(18)14(26-2)11(19)6-9/h3-7H,1-2H3,(H,23,24)(H2,20,21,22,27). The van der Waals surface area contributed by atoms with Gasteiger partial charge in [0.25, 0.3) is 5.91 Å². The van der Waals surface area contributed by atoms with Gasteiger partial charge in [-0.3, -0.25) is 10.1 Å². The second-order valence-electron chi connectivity index (χ2n) is 5.10. The van der Waals surface area contributed by atoms with Crippen LogP contribution >= 0.6 is 35.4 Å². The lowest BCUT2D eigenvalue weighted by Gasteiger charge is -2.14. The largest absolute Gasteiger partial charge is 0.495 e. The zero-order valence-electron chi connectivity index (χ0n) is 14.1. The van der Waals surface area contributed by atoms with Crippen LogP contribution in [0.25, 0.3) is 0 Å². The van der Waals surface area contributed by atoms with Gasteiger partial charge in [-0.15, -0.1) is 0 Å². The van der Waals surface area contributed by atoms with Gasteiger partial charge in [-0.05, 0) is 42.5 Å². The number of carbonyl (C=O) groups excluding carboxylic acids is 1. The first-order valence-electron chi connectivity index (χ1n) is 7.33. The number of halogens is 2. The zero-order chi connectivity index (χ0) is 20.1. The lowest BCUT2D eigenvalue weighted by Crippen LogP contribution is -2.34. The summed E-state index contributed by atoms with van der Waals surface area (Å²) < 4.78 is 10.2. The minimum atomic E-state index is -1.11. The Balaban J connectivity index is 2.17. The summed E-state index contributed by atoms with van der Waals surface area (Å²) in [4.78, 5) is 23.5. The molecule has 2 rings (SSSR count). The predicted octanol–water partition coefficient (Wildman–Crippen LogP) is 3.84. The number of hydrogen-bond donors (Lipinski definition) is 3. The molecule has 27 heavy (non-hydrogen) atoms. The summed E-state index contributed by atoms with van der Waals surface area (Å²) in [6, 6.07) is 6.96. The van der Waals surface area contributed by atoms with Crippen molar-refractivity contribution in [2.75, 3.05) is 19.5 Å². The SMILES string of the molecule is COc1ccc(C(=O)O)cc1NC(=S)NC(=O)c1cc(Cl)c(OC)c(Cl)c1. The molecule has 0 saturated carbocycles. The Morgan fingerprint density at radius 3 is 2.19 bits per heavy atom. The molecule has 3 N–H and O–H groups in total. The van der Waals surface area contributed by atoms with E-state index in [1.54, 1.807) is 0 Å². The Morgan fingerprint density at radius 2 is 1.67 bits per heavy atom. The fourth-order valence-electron chi connectivity index (χ4n) is 2.15. The van der Waals surface area contributed by atoms with Crippen LogP contribution in [0.4, 0.5) is 5.69 Å². The van der Waals surface area contributed by atoms with Gasteiger partial charge in [0.2, 0.25) is 0 Å². The van der Waals surface area contributed by atoms with Crippen LogP contribution in [-0.2, 0) is 0 Å². The summed E-state index contributed by atoms with van der Waals surface area (Å²) in [7, 11) is 2.83. The van der Waals surface area contributed by atoms with Crippen LogP contribution in [0.3, 0.4) is 0 Å². The maximum absolute atomic E-state index is 12.4. The molecule has 7 nitrogen and oxygen atoms in total. The lowest BCUT2D eigenvalue weighted by atomic mass is 10.2. The summed E-state index contributed by atoms with van der Waals surface area (Å²) in [5, 5.41) is 14.6. The number of aromatic carboxylic acids is 1. The third-order valence-corrected chi connectivity index (χ3v) is 4.15. The van der Waals surface area contributed by atoms with E-state index in [1.165, 1.54) is 44.6 Å². The highest BCUT2D eigenvalue weighted by Gasteiger charge is 2.16. The summed E-state index contributed by atoms with van der Waals surface area (Å²) in [5.74, 6) is -1.07.